The molecule has 0 spiro atoms. The molecule has 0 radical (unpaired) electrons. The molecule has 1 fully saturated rings. The van der Waals surface area contributed by atoms with Gasteiger partial charge in [0.1, 0.15) is 17.3 Å². The van der Waals surface area contributed by atoms with Crippen LogP contribution in [0.3, 0.4) is 0 Å². The molecule has 0 saturated carbocycles. The van der Waals surface area contributed by atoms with Crippen molar-refractivity contribution in [3.05, 3.63) is 96.7 Å². The van der Waals surface area contributed by atoms with Crippen molar-refractivity contribution >= 4 is 11.5 Å². The van der Waals surface area contributed by atoms with Gasteiger partial charge >= 0.3 is 0 Å². The number of hydrogen-bond donors (Lipinski definition) is 0. The van der Waals surface area contributed by atoms with E-state index in [4.69, 9.17) is 10.1 Å². The Kier molecular flexibility index (Phi) is 4.79. The molecular weight excluding hydrogens is 415 g/mol. The number of halogens is 1. The van der Waals surface area contributed by atoms with E-state index in [2.05, 4.69) is 14.9 Å². The number of benzene rings is 1. The number of hydrogen-bond acceptors (Lipinski definition) is 5. The average Bonchev–Trinajstić information content (AvgIpc) is 3.52. The van der Waals surface area contributed by atoms with E-state index < -0.39 is 0 Å². The number of imidazole rings is 1. The number of anilines is 1. The standard InChI is InChI=1S/C26H21FN6/c27-20-5-1-4-19(16-20)23-8-3-15-32(23)26-10-9-25-29-17-24(33(25)31-26)22-7-2-6-21(30-22)18-11-13-28-14-12-18/h1-2,4-7,9-14,16-17,23H,3,8,15H2. The number of nitrogens with zero attached hydrogens (tertiary/aromatic N) is 6. The van der Waals surface area contributed by atoms with E-state index >= 15 is 0 Å². The number of rotatable bonds is 4. The SMILES string of the molecule is Fc1cccc(C2CCCN2c2ccc3ncc(-c4cccc(-c5ccncc5)n4)n3n2)c1. The minimum absolute atomic E-state index is 0.103. The molecule has 5 heterocycles. The van der Waals surface area contributed by atoms with Crippen LogP contribution in [0.1, 0.15) is 24.4 Å². The van der Waals surface area contributed by atoms with E-state index in [0.717, 1.165) is 59.1 Å². The molecule has 6 rings (SSSR count). The summed E-state index contributed by atoms with van der Waals surface area (Å²) in [5.74, 6) is 0.638. The summed E-state index contributed by atoms with van der Waals surface area (Å²) >= 11 is 0. The largest absolute Gasteiger partial charge is 0.348 e. The highest BCUT2D eigenvalue weighted by atomic mass is 19.1. The third kappa shape index (κ3) is 3.61. The molecule has 0 amide bonds. The second kappa shape index (κ2) is 8.09. The normalized spacial score (nSPS) is 15.9. The van der Waals surface area contributed by atoms with Gasteiger partial charge in [-0.3, -0.25) is 4.98 Å². The summed E-state index contributed by atoms with van der Waals surface area (Å²) in [6.07, 6.45) is 7.33. The highest BCUT2D eigenvalue weighted by Crippen LogP contribution is 2.35. The summed E-state index contributed by atoms with van der Waals surface area (Å²) in [5.41, 5.74) is 5.23. The molecule has 33 heavy (non-hydrogen) atoms. The monoisotopic (exact) mass is 436 g/mol. The number of pyridine rings is 2. The molecule has 4 aromatic heterocycles. The van der Waals surface area contributed by atoms with E-state index in [0.29, 0.717) is 0 Å². The van der Waals surface area contributed by atoms with Gasteiger partial charge < -0.3 is 4.90 Å². The molecule has 5 aromatic rings. The molecule has 1 saturated heterocycles. The molecular formula is C26H21FN6. The van der Waals surface area contributed by atoms with Crippen molar-refractivity contribution in [1.82, 2.24) is 24.6 Å². The molecule has 1 aliphatic rings. The Morgan fingerprint density at radius 3 is 2.64 bits per heavy atom. The lowest BCUT2D eigenvalue weighted by Crippen LogP contribution is -2.24. The Labute approximate surface area is 190 Å². The first-order valence-electron chi connectivity index (χ1n) is 11.0. The fourth-order valence-corrected chi connectivity index (χ4v) is 4.55. The van der Waals surface area contributed by atoms with Crippen molar-refractivity contribution in [2.24, 2.45) is 0 Å². The fourth-order valence-electron chi connectivity index (χ4n) is 4.55. The Morgan fingerprint density at radius 2 is 1.76 bits per heavy atom. The first-order chi connectivity index (χ1) is 16.3. The second-order valence-corrected chi connectivity index (χ2v) is 8.16. The van der Waals surface area contributed by atoms with Gasteiger partial charge in [0, 0.05) is 24.5 Å². The van der Waals surface area contributed by atoms with Gasteiger partial charge in [-0.15, -0.1) is 5.10 Å². The molecule has 7 heteroatoms. The summed E-state index contributed by atoms with van der Waals surface area (Å²) in [6.45, 7) is 0.874. The van der Waals surface area contributed by atoms with Crippen LogP contribution < -0.4 is 4.90 Å². The summed E-state index contributed by atoms with van der Waals surface area (Å²) in [5, 5.41) is 4.93. The van der Waals surface area contributed by atoms with Gasteiger partial charge in [-0.2, -0.15) is 0 Å². The van der Waals surface area contributed by atoms with Crippen molar-refractivity contribution in [3.63, 3.8) is 0 Å². The van der Waals surface area contributed by atoms with Crippen LogP contribution in [0.15, 0.2) is 85.3 Å². The summed E-state index contributed by atoms with van der Waals surface area (Å²) < 4.78 is 15.7. The topological polar surface area (TPSA) is 59.2 Å². The van der Waals surface area contributed by atoms with Crippen LogP contribution in [-0.4, -0.2) is 31.1 Å². The predicted octanol–water partition coefficient (Wildman–Crippen LogP) is 5.33. The molecule has 6 nitrogen and oxygen atoms in total. The average molecular weight is 436 g/mol. The molecule has 1 atom stereocenters. The summed E-state index contributed by atoms with van der Waals surface area (Å²) in [7, 11) is 0. The lowest BCUT2D eigenvalue weighted by Gasteiger charge is -2.26. The van der Waals surface area contributed by atoms with Gasteiger partial charge in [0.15, 0.2) is 5.65 Å². The summed E-state index contributed by atoms with van der Waals surface area (Å²) in [6, 6.07) is 20.7. The van der Waals surface area contributed by atoms with Gasteiger partial charge in [0.05, 0.1) is 23.6 Å². The minimum atomic E-state index is -0.209. The van der Waals surface area contributed by atoms with E-state index in [9.17, 15) is 4.39 Å². The van der Waals surface area contributed by atoms with Crippen LogP contribution in [0.25, 0.3) is 28.3 Å². The molecule has 0 aliphatic carbocycles. The maximum absolute atomic E-state index is 13.9. The van der Waals surface area contributed by atoms with Crippen LogP contribution >= 0.6 is 0 Å². The van der Waals surface area contributed by atoms with Crippen LogP contribution in [0.5, 0.6) is 0 Å². The Morgan fingerprint density at radius 1 is 0.909 bits per heavy atom. The molecule has 1 aliphatic heterocycles. The van der Waals surface area contributed by atoms with Crippen LogP contribution in [0.2, 0.25) is 0 Å². The van der Waals surface area contributed by atoms with E-state index in [-0.39, 0.29) is 11.9 Å². The van der Waals surface area contributed by atoms with Crippen molar-refractivity contribution < 1.29 is 4.39 Å². The van der Waals surface area contributed by atoms with Crippen LogP contribution in [0.4, 0.5) is 10.2 Å². The quantitative estimate of drug-likeness (QED) is 0.381. The lowest BCUT2D eigenvalue weighted by molar-refractivity contribution is 0.617. The van der Waals surface area contributed by atoms with Crippen molar-refractivity contribution in [3.8, 4) is 22.6 Å². The van der Waals surface area contributed by atoms with Crippen molar-refractivity contribution in [2.45, 2.75) is 18.9 Å². The Balaban J connectivity index is 1.39. The number of aromatic nitrogens is 5. The molecule has 1 aromatic carbocycles. The second-order valence-electron chi connectivity index (χ2n) is 8.16. The molecule has 0 bridgehead atoms. The van der Waals surface area contributed by atoms with E-state index in [1.165, 1.54) is 6.07 Å². The maximum Gasteiger partial charge on any atom is 0.154 e. The van der Waals surface area contributed by atoms with Gasteiger partial charge in [0.2, 0.25) is 0 Å². The van der Waals surface area contributed by atoms with Gasteiger partial charge in [-0.1, -0.05) is 18.2 Å². The summed E-state index contributed by atoms with van der Waals surface area (Å²) in [4.78, 5) is 15.7. The Bertz CT molecular complexity index is 1430. The zero-order chi connectivity index (χ0) is 22.2. The third-order valence-electron chi connectivity index (χ3n) is 6.12. The molecule has 1 unspecified atom stereocenters. The van der Waals surface area contributed by atoms with Crippen molar-refractivity contribution in [2.75, 3.05) is 11.4 Å². The minimum Gasteiger partial charge on any atom is -0.348 e. The van der Waals surface area contributed by atoms with Crippen LogP contribution in [0, 0.1) is 5.82 Å². The number of fused-ring (bicyclic) bond motifs is 1. The highest BCUT2D eigenvalue weighted by Gasteiger charge is 2.28. The van der Waals surface area contributed by atoms with Gasteiger partial charge in [0.25, 0.3) is 0 Å². The highest BCUT2D eigenvalue weighted by molar-refractivity contribution is 5.66. The van der Waals surface area contributed by atoms with E-state index in [1.54, 1.807) is 30.7 Å². The fraction of sp³-hybridized carbons (Fsp3) is 0.154. The third-order valence-corrected chi connectivity index (χ3v) is 6.12. The zero-order valence-corrected chi connectivity index (χ0v) is 17.8. The van der Waals surface area contributed by atoms with Gasteiger partial charge in [-0.25, -0.2) is 18.9 Å². The first kappa shape index (κ1) is 19.5. The Hall–Kier alpha value is -4.13. The molecule has 0 N–H and O–H groups in total. The molecule has 162 valence electrons. The zero-order valence-electron chi connectivity index (χ0n) is 17.8. The maximum atomic E-state index is 13.9. The van der Waals surface area contributed by atoms with Crippen LogP contribution in [-0.2, 0) is 0 Å². The van der Waals surface area contributed by atoms with E-state index in [1.807, 2.05) is 53.0 Å². The lowest BCUT2D eigenvalue weighted by atomic mass is 10.0. The first-order valence-corrected chi connectivity index (χ1v) is 11.0. The van der Waals surface area contributed by atoms with Crippen molar-refractivity contribution in [1.29, 1.82) is 0 Å². The predicted molar refractivity (Wildman–Crippen MR) is 125 cm³/mol. The van der Waals surface area contributed by atoms with Gasteiger partial charge in [-0.05, 0) is 66.9 Å². The smallest absolute Gasteiger partial charge is 0.154 e.